The van der Waals surface area contributed by atoms with Crippen LogP contribution in [0.2, 0.25) is 5.02 Å². The van der Waals surface area contributed by atoms with Gasteiger partial charge in [0.05, 0.1) is 19.8 Å². The van der Waals surface area contributed by atoms with Gasteiger partial charge in [-0.1, -0.05) is 31.4 Å². The minimum atomic E-state index is -0.147. The van der Waals surface area contributed by atoms with Gasteiger partial charge in [0.1, 0.15) is 18.1 Å². The molecule has 0 saturated carbocycles. The third-order valence-electron chi connectivity index (χ3n) is 3.70. The van der Waals surface area contributed by atoms with Crippen LogP contribution < -0.4 is 15.0 Å². The maximum absolute atomic E-state index is 12.3. The standard InChI is InChI=1S/C19H24ClNO4/c1-2-3-4-10-24-17-7-8-21(19(23)13-17)14-15-12-16(25-11-9-22)5-6-18(15)20/h5-8,12-13,22H,2-4,9-11,14H2,1H3. The summed E-state index contributed by atoms with van der Waals surface area (Å²) in [7, 11) is 0. The van der Waals surface area contributed by atoms with E-state index in [1.165, 1.54) is 6.07 Å². The van der Waals surface area contributed by atoms with Crippen LogP contribution in [0.5, 0.6) is 11.5 Å². The molecular weight excluding hydrogens is 342 g/mol. The first kappa shape index (κ1) is 19.3. The topological polar surface area (TPSA) is 60.7 Å². The molecule has 0 unspecified atom stereocenters. The van der Waals surface area contributed by atoms with Crippen molar-refractivity contribution in [2.75, 3.05) is 19.8 Å². The number of rotatable bonds is 10. The first-order valence-electron chi connectivity index (χ1n) is 8.49. The van der Waals surface area contributed by atoms with Crippen molar-refractivity contribution < 1.29 is 14.6 Å². The van der Waals surface area contributed by atoms with Gasteiger partial charge in [-0.05, 0) is 36.2 Å². The van der Waals surface area contributed by atoms with Gasteiger partial charge in [0.2, 0.25) is 0 Å². The molecule has 5 nitrogen and oxygen atoms in total. The molecule has 25 heavy (non-hydrogen) atoms. The molecule has 0 aliphatic carbocycles. The Morgan fingerprint density at radius 3 is 2.56 bits per heavy atom. The molecule has 0 aliphatic heterocycles. The first-order valence-corrected chi connectivity index (χ1v) is 8.87. The second-order valence-electron chi connectivity index (χ2n) is 5.71. The zero-order valence-corrected chi connectivity index (χ0v) is 15.2. The molecular formula is C19H24ClNO4. The Balaban J connectivity index is 2.06. The van der Waals surface area contributed by atoms with E-state index in [1.54, 1.807) is 35.0 Å². The van der Waals surface area contributed by atoms with Crippen molar-refractivity contribution in [1.29, 1.82) is 0 Å². The van der Waals surface area contributed by atoms with Crippen LogP contribution in [-0.2, 0) is 6.54 Å². The fourth-order valence-corrected chi connectivity index (χ4v) is 2.54. The lowest BCUT2D eigenvalue weighted by Gasteiger charge is -2.11. The molecule has 0 amide bonds. The number of aromatic nitrogens is 1. The molecule has 1 heterocycles. The third kappa shape index (κ3) is 6.11. The Bertz CT molecular complexity index is 730. The lowest BCUT2D eigenvalue weighted by Crippen LogP contribution is -2.19. The smallest absolute Gasteiger partial charge is 0.254 e. The van der Waals surface area contributed by atoms with Crippen LogP contribution in [0, 0.1) is 0 Å². The summed E-state index contributed by atoms with van der Waals surface area (Å²) in [5.74, 6) is 1.20. The lowest BCUT2D eigenvalue weighted by molar-refractivity contribution is 0.201. The van der Waals surface area contributed by atoms with Crippen LogP contribution >= 0.6 is 11.6 Å². The average molecular weight is 366 g/mol. The van der Waals surface area contributed by atoms with Gasteiger partial charge in [-0.2, -0.15) is 0 Å². The van der Waals surface area contributed by atoms with Crippen LogP contribution in [0.25, 0.3) is 0 Å². The van der Waals surface area contributed by atoms with Gasteiger partial charge >= 0.3 is 0 Å². The van der Waals surface area contributed by atoms with Crippen LogP contribution in [0.1, 0.15) is 31.7 Å². The molecule has 0 spiro atoms. The number of pyridine rings is 1. The van der Waals surface area contributed by atoms with E-state index in [0.29, 0.717) is 29.7 Å². The van der Waals surface area contributed by atoms with Gasteiger partial charge in [-0.25, -0.2) is 0 Å². The minimum Gasteiger partial charge on any atom is -0.493 e. The first-order chi connectivity index (χ1) is 12.1. The fourth-order valence-electron chi connectivity index (χ4n) is 2.36. The summed E-state index contributed by atoms with van der Waals surface area (Å²) in [5.41, 5.74) is 0.626. The van der Waals surface area contributed by atoms with E-state index in [1.807, 2.05) is 0 Å². The van der Waals surface area contributed by atoms with Crippen molar-refractivity contribution in [3.8, 4) is 11.5 Å². The van der Waals surface area contributed by atoms with E-state index < -0.39 is 0 Å². The second-order valence-corrected chi connectivity index (χ2v) is 6.12. The summed E-state index contributed by atoms with van der Waals surface area (Å²) >= 11 is 6.22. The SMILES string of the molecule is CCCCCOc1ccn(Cc2cc(OCCO)ccc2Cl)c(=O)c1. The van der Waals surface area contributed by atoms with Crippen molar-refractivity contribution in [2.24, 2.45) is 0 Å². The molecule has 0 saturated heterocycles. The van der Waals surface area contributed by atoms with Gasteiger partial charge in [-0.3, -0.25) is 4.79 Å². The summed E-state index contributed by atoms with van der Waals surface area (Å²) in [6.45, 7) is 3.25. The van der Waals surface area contributed by atoms with E-state index >= 15 is 0 Å². The van der Waals surface area contributed by atoms with Gasteiger partial charge in [0.15, 0.2) is 0 Å². The fraction of sp³-hybridized carbons (Fsp3) is 0.421. The number of hydrogen-bond donors (Lipinski definition) is 1. The highest BCUT2D eigenvalue weighted by atomic mass is 35.5. The van der Waals surface area contributed by atoms with Crippen molar-refractivity contribution in [3.05, 3.63) is 57.5 Å². The summed E-state index contributed by atoms with van der Waals surface area (Å²) in [4.78, 5) is 12.3. The molecule has 0 atom stereocenters. The molecule has 0 fully saturated rings. The van der Waals surface area contributed by atoms with Gasteiger partial charge < -0.3 is 19.1 Å². The maximum atomic E-state index is 12.3. The highest BCUT2D eigenvalue weighted by molar-refractivity contribution is 6.31. The quantitative estimate of drug-likeness (QED) is 0.655. The summed E-state index contributed by atoms with van der Waals surface area (Å²) in [6, 6.07) is 8.51. The Morgan fingerprint density at radius 1 is 1.08 bits per heavy atom. The van der Waals surface area contributed by atoms with Crippen LogP contribution in [-0.4, -0.2) is 29.5 Å². The lowest BCUT2D eigenvalue weighted by atomic mass is 10.2. The number of aliphatic hydroxyl groups excluding tert-OH is 1. The number of hydrogen-bond acceptors (Lipinski definition) is 4. The normalized spacial score (nSPS) is 10.7. The van der Waals surface area contributed by atoms with Crippen molar-refractivity contribution >= 4 is 11.6 Å². The molecule has 6 heteroatoms. The Labute approximate surface area is 152 Å². The van der Waals surface area contributed by atoms with Crippen molar-refractivity contribution in [2.45, 2.75) is 32.7 Å². The summed E-state index contributed by atoms with van der Waals surface area (Å²) in [6.07, 6.45) is 4.93. The van der Waals surface area contributed by atoms with Crippen LogP contribution in [0.15, 0.2) is 41.3 Å². The van der Waals surface area contributed by atoms with Crippen LogP contribution in [0.4, 0.5) is 0 Å². The van der Waals surface area contributed by atoms with Crippen LogP contribution in [0.3, 0.4) is 0 Å². The number of unbranched alkanes of at least 4 members (excludes halogenated alkanes) is 2. The van der Waals surface area contributed by atoms with Crippen molar-refractivity contribution in [3.63, 3.8) is 0 Å². The van der Waals surface area contributed by atoms with Gasteiger partial charge in [0.25, 0.3) is 5.56 Å². The van der Waals surface area contributed by atoms with E-state index in [2.05, 4.69) is 6.92 Å². The largest absolute Gasteiger partial charge is 0.493 e. The average Bonchev–Trinajstić information content (AvgIpc) is 2.61. The van der Waals surface area contributed by atoms with Gasteiger partial charge in [-0.15, -0.1) is 0 Å². The maximum Gasteiger partial charge on any atom is 0.254 e. The Morgan fingerprint density at radius 2 is 1.84 bits per heavy atom. The van der Waals surface area contributed by atoms with Gasteiger partial charge in [0, 0.05) is 17.3 Å². The molecule has 2 aromatic rings. The number of benzene rings is 1. The zero-order valence-electron chi connectivity index (χ0n) is 14.4. The molecule has 0 aliphatic rings. The summed E-state index contributed by atoms with van der Waals surface area (Å²) < 4.78 is 12.5. The summed E-state index contributed by atoms with van der Waals surface area (Å²) in [5, 5.41) is 9.39. The number of ether oxygens (including phenoxy) is 2. The Hall–Kier alpha value is -1.98. The number of aliphatic hydroxyl groups is 1. The highest BCUT2D eigenvalue weighted by Crippen LogP contribution is 2.23. The molecule has 1 N–H and O–H groups in total. The predicted molar refractivity (Wildman–Crippen MR) is 98.9 cm³/mol. The number of nitrogens with zero attached hydrogens (tertiary/aromatic N) is 1. The molecule has 1 aromatic carbocycles. The molecule has 2 rings (SSSR count). The molecule has 0 bridgehead atoms. The Kier molecular flexibility index (Phi) is 7.82. The van der Waals surface area contributed by atoms with E-state index in [0.717, 1.165) is 24.8 Å². The van der Waals surface area contributed by atoms with E-state index in [9.17, 15) is 4.79 Å². The van der Waals surface area contributed by atoms with E-state index in [-0.39, 0.29) is 18.8 Å². The molecule has 0 radical (unpaired) electrons. The zero-order chi connectivity index (χ0) is 18.1. The van der Waals surface area contributed by atoms with Crippen molar-refractivity contribution in [1.82, 2.24) is 4.57 Å². The number of halogens is 1. The minimum absolute atomic E-state index is 0.0584. The predicted octanol–water partition coefficient (Wildman–Crippen LogP) is 3.49. The third-order valence-corrected chi connectivity index (χ3v) is 4.07. The van der Waals surface area contributed by atoms with E-state index in [4.69, 9.17) is 26.2 Å². The molecule has 1 aromatic heterocycles. The second kappa shape index (κ2) is 10.1. The monoisotopic (exact) mass is 365 g/mol. The molecule has 136 valence electrons. The highest BCUT2D eigenvalue weighted by Gasteiger charge is 2.06.